The van der Waals surface area contributed by atoms with Gasteiger partial charge in [-0.15, -0.1) is 0 Å². The van der Waals surface area contributed by atoms with Gasteiger partial charge in [0.05, 0.1) is 6.54 Å². The van der Waals surface area contributed by atoms with Gasteiger partial charge in [0, 0.05) is 11.4 Å². The number of rotatable bonds is 3. The fraction of sp³-hybridized carbons (Fsp3) is 0.200. The van der Waals surface area contributed by atoms with Crippen LogP contribution in [0.15, 0.2) is 21.1 Å². The van der Waals surface area contributed by atoms with Gasteiger partial charge in [0.2, 0.25) is 5.89 Å². The van der Waals surface area contributed by atoms with E-state index >= 15 is 0 Å². The summed E-state index contributed by atoms with van der Waals surface area (Å²) in [5.41, 5.74) is -0.212. The minimum Gasteiger partial charge on any atom is -0.373 e. The van der Waals surface area contributed by atoms with Crippen molar-refractivity contribution in [2.75, 3.05) is 5.32 Å². The van der Waals surface area contributed by atoms with Crippen LogP contribution < -0.4 is 5.32 Å². The van der Waals surface area contributed by atoms with Crippen LogP contribution in [0.4, 0.5) is 14.5 Å². The van der Waals surface area contributed by atoms with E-state index in [1.807, 2.05) is 0 Å². The third kappa shape index (κ3) is 2.79. The molecule has 1 N–H and O–H groups in total. The summed E-state index contributed by atoms with van der Waals surface area (Å²) in [6, 6.07) is 2.35. The smallest absolute Gasteiger partial charge is 0.223 e. The summed E-state index contributed by atoms with van der Waals surface area (Å²) in [6.07, 6.45) is 0. The lowest BCUT2D eigenvalue weighted by molar-refractivity contribution is 0.388. The van der Waals surface area contributed by atoms with Gasteiger partial charge in [0.15, 0.2) is 5.82 Å². The normalized spacial score (nSPS) is 10.6. The summed E-state index contributed by atoms with van der Waals surface area (Å²) in [4.78, 5) is 3.91. The van der Waals surface area contributed by atoms with Crippen molar-refractivity contribution >= 4 is 21.6 Å². The van der Waals surface area contributed by atoms with E-state index in [-0.39, 0.29) is 12.2 Å². The molecule has 2 aromatic rings. The van der Waals surface area contributed by atoms with Crippen molar-refractivity contribution in [1.29, 1.82) is 0 Å². The van der Waals surface area contributed by atoms with Gasteiger partial charge in [-0.3, -0.25) is 0 Å². The lowest BCUT2D eigenvalue weighted by atomic mass is 10.3. The monoisotopic (exact) mass is 303 g/mol. The molecule has 1 heterocycles. The number of aryl methyl sites for hydroxylation is 1. The average molecular weight is 304 g/mol. The maximum absolute atomic E-state index is 13.4. The Kier molecular flexibility index (Phi) is 3.37. The zero-order valence-electron chi connectivity index (χ0n) is 8.80. The van der Waals surface area contributed by atoms with Gasteiger partial charge < -0.3 is 9.84 Å². The van der Waals surface area contributed by atoms with Gasteiger partial charge in [-0.05, 0) is 12.1 Å². The highest BCUT2D eigenvalue weighted by molar-refractivity contribution is 9.10. The Morgan fingerprint density at radius 2 is 2.00 bits per heavy atom. The fourth-order valence-corrected chi connectivity index (χ4v) is 1.69. The summed E-state index contributed by atoms with van der Waals surface area (Å²) in [6.45, 7) is 1.73. The van der Waals surface area contributed by atoms with Crippen LogP contribution >= 0.6 is 15.9 Å². The number of nitrogens with zero attached hydrogens (tertiary/aromatic N) is 2. The molecule has 0 radical (unpaired) electrons. The molecule has 0 bridgehead atoms. The molecule has 0 atom stereocenters. The standard InChI is InChI=1S/C10H8BrF2N3O/c1-5-15-9(16-17-5)4-14-10-7(12)2-6(11)3-8(10)13/h2-3,14H,4H2,1H3. The minimum absolute atomic E-state index is 0.0901. The average Bonchev–Trinajstić information content (AvgIpc) is 2.62. The van der Waals surface area contributed by atoms with Crippen molar-refractivity contribution in [3.63, 3.8) is 0 Å². The highest BCUT2D eigenvalue weighted by atomic mass is 79.9. The molecule has 2 rings (SSSR count). The second-order valence-corrected chi connectivity index (χ2v) is 4.24. The maximum atomic E-state index is 13.4. The van der Waals surface area contributed by atoms with Gasteiger partial charge in [0.25, 0.3) is 0 Å². The van der Waals surface area contributed by atoms with Gasteiger partial charge in [0.1, 0.15) is 17.3 Å². The Morgan fingerprint density at radius 3 is 2.53 bits per heavy atom. The molecule has 1 aromatic carbocycles. The maximum Gasteiger partial charge on any atom is 0.223 e. The molecule has 0 amide bonds. The highest BCUT2D eigenvalue weighted by Crippen LogP contribution is 2.23. The first-order chi connectivity index (χ1) is 8.06. The van der Waals surface area contributed by atoms with Gasteiger partial charge in [-0.25, -0.2) is 8.78 Å². The molecule has 0 aliphatic rings. The number of benzene rings is 1. The van der Waals surface area contributed by atoms with Crippen LogP contribution in [0.25, 0.3) is 0 Å². The van der Waals surface area contributed by atoms with Gasteiger partial charge in [-0.1, -0.05) is 21.1 Å². The highest BCUT2D eigenvalue weighted by Gasteiger charge is 2.11. The molecule has 4 nitrogen and oxygen atoms in total. The van der Waals surface area contributed by atoms with E-state index < -0.39 is 11.6 Å². The fourth-order valence-electron chi connectivity index (χ4n) is 1.29. The van der Waals surface area contributed by atoms with Crippen LogP contribution in [0.2, 0.25) is 0 Å². The third-order valence-corrected chi connectivity index (χ3v) is 2.46. The molecule has 7 heteroatoms. The molecule has 1 aromatic heterocycles. The number of hydrogen-bond donors (Lipinski definition) is 1. The van der Waals surface area contributed by atoms with Crippen molar-refractivity contribution < 1.29 is 13.3 Å². The number of nitrogens with one attached hydrogen (secondary N) is 1. The molecule has 0 fully saturated rings. The van der Waals surface area contributed by atoms with E-state index in [1.165, 1.54) is 12.1 Å². The van der Waals surface area contributed by atoms with Crippen molar-refractivity contribution in [3.8, 4) is 0 Å². The van der Waals surface area contributed by atoms with E-state index in [0.29, 0.717) is 16.2 Å². The lowest BCUT2D eigenvalue weighted by Gasteiger charge is -2.06. The molecular weight excluding hydrogens is 296 g/mol. The van der Waals surface area contributed by atoms with Crippen LogP contribution in [-0.4, -0.2) is 10.1 Å². The van der Waals surface area contributed by atoms with Crippen LogP contribution in [0.3, 0.4) is 0 Å². The predicted octanol–water partition coefficient (Wildman–Crippen LogP) is 3.03. The van der Waals surface area contributed by atoms with Gasteiger partial charge >= 0.3 is 0 Å². The van der Waals surface area contributed by atoms with Crippen molar-refractivity contribution in [1.82, 2.24) is 10.1 Å². The number of halogens is 3. The number of aromatic nitrogens is 2. The van der Waals surface area contributed by atoms with E-state index in [4.69, 9.17) is 4.52 Å². The molecule has 0 aliphatic carbocycles. The van der Waals surface area contributed by atoms with Crippen LogP contribution in [0.1, 0.15) is 11.7 Å². The second-order valence-electron chi connectivity index (χ2n) is 3.33. The SMILES string of the molecule is Cc1nc(CNc2c(F)cc(Br)cc2F)no1. The molecule has 0 saturated carbocycles. The van der Waals surface area contributed by atoms with Crippen molar-refractivity contribution in [2.24, 2.45) is 0 Å². The van der Waals surface area contributed by atoms with E-state index in [0.717, 1.165) is 0 Å². The summed E-state index contributed by atoms with van der Waals surface area (Å²) in [5.74, 6) is -0.628. The van der Waals surface area contributed by atoms with E-state index in [9.17, 15) is 8.78 Å². The Bertz CT molecular complexity index is 521. The Labute approximate surface area is 104 Å². The Hall–Kier alpha value is -1.50. The van der Waals surface area contributed by atoms with Crippen LogP contribution in [0.5, 0.6) is 0 Å². The minimum atomic E-state index is -0.683. The second kappa shape index (κ2) is 4.79. The summed E-state index contributed by atoms with van der Waals surface area (Å²) >= 11 is 3.00. The first-order valence-corrected chi connectivity index (χ1v) is 5.53. The van der Waals surface area contributed by atoms with E-state index in [2.05, 4.69) is 31.4 Å². The first kappa shape index (κ1) is 12.0. The number of hydrogen-bond acceptors (Lipinski definition) is 4. The summed E-state index contributed by atoms with van der Waals surface area (Å²) in [5, 5.41) is 6.19. The topological polar surface area (TPSA) is 51.0 Å². The Morgan fingerprint density at radius 1 is 1.35 bits per heavy atom. The zero-order valence-corrected chi connectivity index (χ0v) is 10.4. The number of anilines is 1. The largest absolute Gasteiger partial charge is 0.373 e. The predicted molar refractivity (Wildman–Crippen MR) is 60.4 cm³/mol. The molecule has 0 aliphatic heterocycles. The molecule has 0 spiro atoms. The van der Waals surface area contributed by atoms with Crippen LogP contribution in [-0.2, 0) is 6.54 Å². The Balaban J connectivity index is 2.14. The quantitative estimate of drug-likeness (QED) is 0.947. The summed E-state index contributed by atoms with van der Waals surface area (Å²) in [7, 11) is 0. The third-order valence-electron chi connectivity index (χ3n) is 2.00. The lowest BCUT2D eigenvalue weighted by Crippen LogP contribution is -2.05. The van der Waals surface area contributed by atoms with Crippen molar-refractivity contribution in [2.45, 2.75) is 13.5 Å². The zero-order chi connectivity index (χ0) is 12.4. The van der Waals surface area contributed by atoms with Crippen molar-refractivity contribution in [3.05, 3.63) is 40.0 Å². The molecule has 17 heavy (non-hydrogen) atoms. The summed E-state index contributed by atoms with van der Waals surface area (Å²) < 4.78 is 31.9. The van der Waals surface area contributed by atoms with Gasteiger partial charge in [-0.2, -0.15) is 4.98 Å². The molecule has 0 saturated heterocycles. The molecular formula is C10H8BrF2N3O. The van der Waals surface area contributed by atoms with Crippen LogP contribution in [0, 0.1) is 18.6 Å². The van der Waals surface area contributed by atoms with E-state index in [1.54, 1.807) is 6.92 Å². The molecule has 0 unspecified atom stereocenters. The first-order valence-electron chi connectivity index (χ1n) is 4.74. The molecule has 90 valence electrons.